The van der Waals surface area contributed by atoms with Gasteiger partial charge in [-0.3, -0.25) is 9.69 Å². The van der Waals surface area contributed by atoms with Crippen LogP contribution in [0.4, 0.5) is 0 Å². The van der Waals surface area contributed by atoms with Gasteiger partial charge in [0.1, 0.15) is 6.04 Å². The molecule has 0 amide bonds. The van der Waals surface area contributed by atoms with Gasteiger partial charge in [0.15, 0.2) is 0 Å². The van der Waals surface area contributed by atoms with Gasteiger partial charge in [-0.1, -0.05) is 19.8 Å². The lowest BCUT2D eigenvalue weighted by Crippen LogP contribution is -2.51. The van der Waals surface area contributed by atoms with E-state index in [0.717, 1.165) is 25.8 Å². The molecule has 1 N–H and O–H groups in total. The summed E-state index contributed by atoms with van der Waals surface area (Å²) in [5, 5.41) is 9.99. The molecule has 0 aromatic heterocycles. The molecule has 0 saturated carbocycles. The zero-order valence-corrected chi connectivity index (χ0v) is 11.4. The number of aliphatic carboxylic acids is 1. The van der Waals surface area contributed by atoms with Crippen molar-refractivity contribution in [1.29, 1.82) is 0 Å². The van der Waals surface area contributed by atoms with E-state index in [0.29, 0.717) is 11.3 Å². The van der Waals surface area contributed by atoms with E-state index in [1.54, 1.807) is 0 Å². The Labute approximate surface area is 108 Å². The lowest BCUT2D eigenvalue weighted by Gasteiger charge is -2.40. The number of carboxylic acid groups (broad SMARTS) is 1. The predicted octanol–water partition coefficient (Wildman–Crippen LogP) is 2.60. The third-order valence-electron chi connectivity index (χ3n) is 4.07. The summed E-state index contributed by atoms with van der Waals surface area (Å²) in [5.41, 5.74) is 0. The first-order valence-corrected chi connectivity index (χ1v) is 7.85. The molecule has 2 heterocycles. The Kier molecular flexibility index (Phi) is 4.74. The van der Waals surface area contributed by atoms with Gasteiger partial charge in [0.25, 0.3) is 0 Å². The second-order valence-corrected chi connectivity index (χ2v) is 6.71. The topological polar surface area (TPSA) is 40.5 Å². The van der Waals surface area contributed by atoms with E-state index in [9.17, 15) is 9.90 Å². The van der Waals surface area contributed by atoms with Gasteiger partial charge in [0.2, 0.25) is 0 Å². The first-order valence-electron chi connectivity index (χ1n) is 6.80. The maximum absolute atomic E-state index is 11.4. The van der Waals surface area contributed by atoms with Gasteiger partial charge in [-0.05, 0) is 38.0 Å². The van der Waals surface area contributed by atoms with Gasteiger partial charge >= 0.3 is 5.97 Å². The molecule has 2 fully saturated rings. The van der Waals surface area contributed by atoms with Crippen LogP contribution in [0.1, 0.15) is 45.4 Å². The van der Waals surface area contributed by atoms with Gasteiger partial charge in [0, 0.05) is 11.3 Å². The number of thioether (sulfide) groups is 1. The molecule has 3 unspecified atom stereocenters. The summed E-state index contributed by atoms with van der Waals surface area (Å²) in [6.45, 7) is 3.24. The molecule has 2 aliphatic heterocycles. The van der Waals surface area contributed by atoms with Crippen LogP contribution < -0.4 is 0 Å². The highest BCUT2D eigenvalue weighted by Crippen LogP contribution is 2.32. The molecule has 0 bridgehead atoms. The summed E-state index contributed by atoms with van der Waals surface area (Å²) < 4.78 is 0. The maximum Gasteiger partial charge on any atom is 0.320 e. The zero-order chi connectivity index (χ0) is 12.3. The lowest BCUT2D eigenvalue weighted by molar-refractivity contribution is -0.144. The van der Waals surface area contributed by atoms with Crippen molar-refractivity contribution < 1.29 is 9.90 Å². The van der Waals surface area contributed by atoms with Crippen LogP contribution >= 0.6 is 11.8 Å². The lowest BCUT2D eigenvalue weighted by atomic mass is 10.0. The normalized spacial score (nSPS) is 36.4. The molecule has 0 radical (unpaired) electrons. The molecule has 2 saturated heterocycles. The van der Waals surface area contributed by atoms with Crippen LogP contribution in [-0.2, 0) is 4.79 Å². The molecule has 98 valence electrons. The average molecular weight is 257 g/mol. The maximum atomic E-state index is 11.4. The van der Waals surface area contributed by atoms with Crippen LogP contribution in [0.3, 0.4) is 0 Å². The van der Waals surface area contributed by atoms with Gasteiger partial charge in [-0.15, -0.1) is 0 Å². The number of hydrogen-bond donors (Lipinski definition) is 1. The summed E-state index contributed by atoms with van der Waals surface area (Å²) >= 11 is 2.01. The fourth-order valence-corrected chi connectivity index (χ4v) is 4.36. The fourth-order valence-electron chi connectivity index (χ4n) is 3.14. The van der Waals surface area contributed by atoms with Crippen molar-refractivity contribution in [3.63, 3.8) is 0 Å². The van der Waals surface area contributed by atoms with E-state index >= 15 is 0 Å². The minimum absolute atomic E-state index is 0.233. The standard InChI is InChI=1S/C13H23NO2S/c1-10-11(7-5-9-17-10)14-8-4-2-3-6-12(14)13(15)16/h10-12H,2-9H2,1H3,(H,15,16). The highest BCUT2D eigenvalue weighted by molar-refractivity contribution is 7.99. The third kappa shape index (κ3) is 3.16. The third-order valence-corrected chi connectivity index (χ3v) is 5.44. The molecule has 0 aromatic carbocycles. The quantitative estimate of drug-likeness (QED) is 0.825. The van der Waals surface area contributed by atoms with E-state index in [-0.39, 0.29) is 6.04 Å². The SMILES string of the molecule is CC1SCCCC1N1CCCCCC1C(=O)O. The molecule has 0 aromatic rings. The van der Waals surface area contributed by atoms with Crippen LogP contribution in [-0.4, -0.2) is 45.6 Å². The van der Waals surface area contributed by atoms with Crippen molar-refractivity contribution >= 4 is 17.7 Å². The Morgan fingerprint density at radius 2 is 2.06 bits per heavy atom. The van der Waals surface area contributed by atoms with Gasteiger partial charge in [-0.25, -0.2) is 0 Å². The summed E-state index contributed by atoms with van der Waals surface area (Å²) in [7, 11) is 0. The van der Waals surface area contributed by atoms with E-state index < -0.39 is 5.97 Å². The molecule has 17 heavy (non-hydrogen) atoms. The monoisotopic (exact) mass is 257 g/mol. The predicted molar refractivity (Wildman–Crippen MR) is 71.5 cm³/mol. The number of hydrogen-bond acceptors (Lipinski definition) is 3. The second kappa shape index (κ2) is 6.10. The van der Waals surface area contributed by atoms with Crippen molar-refractivity contribution in [2.45, 2.75) is 62.8 Å². The summed E-state index contributed by atoms with van der Waals surface area (Å²) in [6, 6.07) is 0.247. The van der Waals surface area contributed by atoms with Gasteiger partial charge in [-0.2, -0.15) is 11.8 Å². The molecule has 0 spiro atoms. The van der Waals surface area contributed by atoms with Crippen LogP contribution in [0.5, 0.6) is 0 Å². The van der Waals surface area contributed by atoms with Crippen LogP contribution in [0.25, 0.3) is 0 Å². The molecule has 2 rings (SSSR count). The average Bonchev–Trinajstić information content (AvgIpc) is 2.55. The number of carbonyl (C=O) groups is 1. The Bertz CT molecular complexity index is 272. The summed E-state index contributed by atoms with van der Waals surface area (Å²) in [4.78, 5) is 13.7. The Morgan fingerprint density at radius 3 is 2.76 bits per heavy atom. The second-order valence-electron chi connectivity index (χ2n) is 5.23. The molecule has 3 atom stereocenters. The number of carboxylic acids is 1. The highest BCUT2D eigenvalue weighted by atomic mass is 32.2. The largest absolute Gasteiger partial charge is 0.480 e. The van der Waals surface area contributed by atoms with E-state index in [4.69, 9.17) is 0 Å². The smallest absolute Gasteiger partial charge is 0.320 e. The molecule has 0 aliphatic carbocycles. The summed E-state index contributed by atoms with van der Waals surface area (Å²) in [6.07, 6.45) is 6.68. The number of nitrogens with zero attached hydrogens (tertiary/aromatic N) is 1. The first kappa shape index (κ1) is 13.2. The van der Waals surface area contributed by atoms with Crippen molar-refractivity contribution in [3.8, 4) is 0 Å². The van der Waals surface area contributed by atoms with Crippen molar-refractivity contribution in [3.05, 3.63) is 0 Å². The summed E-state index contributed by atoms with van der Waals surface area (Å²) in [5.74, 6) is 0.623. The Morgan fingerprint density at radius 1 is 1.24 bits per heavy atom. The zero-order valence-electron chi connectivity index (χ0n) is 10.6. The van der Waals surface area contributed by atoms with Crippen molar-refractivity contribution in [2.24, 2.45) is 0 Å². The van der Waals surface area contributed by atoms with Crippen molar-refractivity contribution in [2.75, 3.05) is 12.3 Å². The Balaban J connectivity index is 2.10. The molecule has 3 nitrogen and oxygen atoms in total. The minimum Gasteiger partial charge on any atom is -0.480 e. The van der Waals surface area contributed by atoms with E-state index in [2.05, 4.69) is 11.8 Å². The molecular formula is C13H23NO2S. The van der Waals surface area contributed by atoms with Gasteiger partial charge < -0.3 is 5.11 Å². The van der Waals surface area contributed by atoms with Crippen LogP contribution in [0, 0.1) is 0 Å². The van der Waals surface area contributed by atoms with Crippen LogP contribution in [0.2, 0.25) is 0 Å². The molecular weight excluding hydrogens is 234 g/mol. The number of rotatable bonds is 2. The Hall–Kier alpha value is -0.220. The molecule has 4 heteroatoms. The molecule has 2 aliphatic rings. The van der Waals surface area contributed by atoms with Gasteiger partial charge in [0.05, 0.1) is 0 Å². The number of likely N-dealkylation sites (tertiary alicyclic amines) is 1. The van der Waals surface area contributed by atoms with Crippen molar-refractivity contribution in [1.82, 2.24) is 4.90 Å². The van der Waals surface area contributed by atoms with E-state index in [1.165, 1.54) is 25.0 Å². The fraction of sp³-hybridized carbons (Fsp3) is 0.923. The van der Waals surface area contributed by atoms with E-state index in [1.807, 2.05) is 11.8 Å². The minimum atomic E-state index is -0.616. The highest BCUT2D eigenvalue weighted by Gasteiger charge is 2.35. The first-order chi connectivity index (χ1) is 8.20. The van der Waals surface area contributed by atoms with Crippen LogP contribution in [0.15, 0.2) is 0 Å².